The first kappa shape index (κ1) is 14.7. The van der Waals surface area contributed by atoms with Crippen LogP contribution in [0.5, 0.6) is 0 Å². The van der Waals surface area contributed by atoms with Crippen LogP contribution >= 0.6 is 23.4 Å². The Hall–Kier alpha value is -0.670. The van der Waals surface area contributed by atoms with Crippen LogP contribution in [0.4, 0.5) is 0 Å². The van der Waals surface area contributed by atoms with Crippen LogP contribution in [-0.2, 0) is 10.5 Å². The number of hydrogen-bond acceptors (Lipinski definition) is 2. The number of thioether (sulfide) groups is 1. The number of carbonyl (C=O) groups is 1. The van der Waals surface area contributed by atoms with Gasteiger partial charge in [-0.05, 0) is 36.5 Å². The van der Waals surface area contributed by atoms with Gasteiger partial charge in [0.25, 0.3) is 0 Å². The molecule has 4 heteroatoms. The van der Waals surface area contributed by atoms with Gasteiger partial charge in [0.15, 0.2) is 0 Å². The maximum Gasteiger partial charge on any atom is 0.232 e. The summed E-state index contributed by atoms with van der Waals surface area (Å²) in [5, 5.41) is 0.759. The Morgan fingerprint density at radius 2 is 2.16 bits per heavy atom. The Bertz CT molecular complexity index is 430. The normalized spacial score (nSPS) is 16.6. The average molecular weight is 298 g/mol. The Balaban J connectivity index is 1.72. The van der Waals surface area contributed by atoms with Crippen molar-refractivity contribution in [2.75, 3.05) is 18.8 Å². The molecule has 1 aliphatic rings. The van der Waals surface area contributed by atoms with Gasteiger partial charge in [0.1, 0.15) is 0 Å². The fourth-order valence-electron chi connectivity index (χ4n) is 2.23. The zero-order valence-electron chi connectivity index (χ0n) is 11.3. The number of amides is 1. The smallest absolute Gasteiger partial charge is 0.232 e. The number of rotatable bonds is 4. The van der Waals surface area contributed by atoms with E-state index in [-0.39, 0.29) is 5.91 Å². The lowest BCUT2D eigenvalue weighted by molar-refractivity contribution is -0.129. The molecular formula is C15H20ClNOS. The first-order valence-corrected chi connectivity index (χ1v) is 8.28. The molecule has 0 unspecified atom stereocenters. The van der Waals surface area contributed by atoms with Crippen molar-refractivity contribution in [3.05, 3.63) is 34.9 Å². The summed E-state index contributed by atoms with van der Waals surface area (Å²) >= 11 is 7.61. The Labute approximate surface area is 124 Å². The topological polar surface area (TPSA) is 20.3 Å². The molecule has 0 aromatic heterocycles. The van der Waals surface area contributed by atoms with Gasteiger partial charge in [-0.15, -0.1) is 11.8 Å². The van der Waals surface area contributed by atoms with Crippen LogP contribution < -0.4 is 0 Å². The highest BCUT2D eigenvalue weighted by Gasteiger charge is 2.19. The number of nitrogens with zero attached hydrogens (tertiary/aromatic N) is 1. The van der Waals surface area contributed by atoms with Crippen LogP contribution in [0.15, 0.2) is 24.3 Å². The van der Waals surface area contributed by atoms with Gasteiger partial charge in [-0.3, -0.25) is 4.79 Å². The van der Waals surface area contributed by atoms with Gasteiger partial charge in [0.2, 0.25) is 5.91 Å². The van der Waals surface area contributed by atoms with Crippen LogP contribution in [0, 0.1) is 5.92 Å². The zero-order chi connectivity index (χ0) is 13.7. The van der Waals surface area contributed by atoms with Crippen molar-refractivity contribution in [3.63, 3.8) is 0 Å². The van der Waals surface area contributed by atoms with E-state index in [9.17, 15) is 4.79 Å². The molecule has 19 heavy (non-hydrogen) atoms. The summed E-state index contributed by atoms with van der Waals surface area (Å²) in [6, 6.07) is 7.83. The fourth-order valence-corrected chi connectivity index (χ4v) is 3.32. The molecule has 1 aliphatic heterocycles. The van der Waals surface area contributed by atoms with Crippen LogP contribution in [0.2, 0.25) is 5.02 Å². The minimum Gasteiger partial charge on any atom is -0.342 e. The molecule has 1 heterocycles. The summed E-state index contributed by atoms with van der Waals surface area (Å²) < 4.78 is 0. The zero-order valence-corrected chi connectivity index (χ0v) is 12.8. The van der Waals surface area contributed by atoms with Crippen LogP contribution in [0.3, 0.4) is 0 Å². The largest absolute Gasteiger partial charge is 0.342 e. The third kappa shape index (κ3) is 4.73. The summed E-state index contributed by atoms with van der Waals surface area (Å²) in [5.41, 5.74) is 1.18. The van der Waals surface area contributed by atoms with Gasteiger partial charge in [0.05, 0.1) is 5.75 Å². The molecule has 1 aromatic carbocycles. The van der Waals surface area contributed by atoms with E-state index in [1.165, 1.54) is 5.56 Å². The molecule has 0 saturated carbocycles. The predicted molar refractivity (Wildman–Crippen MR) is 82.6 cm³/mol. The molecule has 0 radical (unpaired) electrons. The third-order valence-electron chi connectivity index (χ3n) is 3.52. The molecule has 0 N–H and O–H groups in total. The van der Waals surface area contributed by atoms with E-state index >= 15 is 0 Å². The second kappa shape index (κ2) is 7.20. The second-order valence-corrected chi connectivity index (χ2v) is 6.61. The van der Waals surface area contributed by atoms with Crippen molar-refractivity contribution in [2.45, 2.75) is 25.5 Å². The van der Waals surface area contributed by atoms with E-state index < -0.39 is 0 Å². The van der Waals surface area contributed by atoms with Crippen molar-refractivity contribution in [1.82, 2.24) is 4.90 Å². The fraction of sp³-hybridized carbons (Fsp3) is 0.533. The summed E-state index contributed by atoms with van der Waals surface area (Å²) in [6.07, 6.45) is 2.29. The van der Waals surface area contributed by atoms with E-state index in [4.69, 9.17) is 11.6 Å². The summed E-state index contributed by atoms with van der Waals surface area (Å²) in [6.45, 7) is 4.12. The highest BCUT2D eigenvalue weighted by Crippen LogP contribution is 2.19. The van der Waals surface area contributed by atoms with Crippen LogP contribution in [0.1, 0.15) is 25.3 Å². The summed E-state index contributed by atoms with van der Waals surface area (Å²) in [4.78, 5) is 14.0. The quantitative estimate of drug-likeness (QED) is 0.842. The van der Waals surface area contributed by atoms with Crippen molar-refractivity contribution in [1.29, 1.82) is 0 Å². The molecule has 1 aromatic rings. The molecule has 0 spiro atoms. The number of piperidine rings is 1. The van der Waals surface area contributed by atoms with E-state index in [2.05, 4.69) is 6.92 Å². The van der Waals surface area contributed by atoms with Crippen molar-refractivity contribution in [2.24, 2.45) is 5.92 Å². The molecule has 104 valence electrons. The highest BCUT2D eigenvalue weighted by molar-refractivity contribution is 7.99. The molecule has 0 aliphatic carbocycles. The number of likely N-dealkylation sites (tertiary alicyclic amines) is 1. The van der Waals surface area contributed by atoms with E-state index in [1.54, 1.807) is 11.8 Å². The minimum absolute atomic E-state index is 0.277. The number of carbonyl (C=O) groups excluding carboxylic acids is 1. The van der Waals surface area contributed by atoms with E-state index in [0.717, 1.165) is 42.6 Å². The Morgan fingerprint density at radius 1 is 1.42 bits per heavy atom. The highest BCUT2D eigenvalue weighted by atomic mass is 35.5. The maximum absolute atomic E-state index is 12.0. The van der Waals surface area contributed by atoms with Gasteiger partial charge < -0.3 is 4.90 Å². The molecule has 2 rings (SSSR count). The van der Waals surface area contributed by atoms with Crippen molar-refractivity contribution < 1.29 is 4.79 Å². The summed E-state index contributed by atoms with van der Waals surface area (Å²) in [5.74, 6) is 2.46. The van der Waals surface area contributed by atoms with Gasteiger partial charge in [-0.1, -0.05) is 30.7 Å². The molecule has 1 fully saturated rings. The SMILES string of the molecule is CC1CCN(C(=O)CSCc2cccc(Cl)c2)CC1. The molecular weight excluding hydrogens is 278 g/mol. The molecule has 0 atom stereocenters. The number of benzene rings is 1. The minimum atomic E-state index is 0.277. The third-order valence-corrected chi connectivity index (χ3v) is 4.74. The lowest BCUT2D eigenvalue weighted by Crippen LogP contribution is -2.38. The van der Waals surface area contributed by atoms with Crippen LogP contribution in [0.25, 0.3) is 0 Å². The first-order chi connectivity index (χ1) is 9.15. The van der Waals surface area contributed by atoms with Gasteiger partial charge in [0, 0.05) is 23.9 Å². The average Bonchev–Trinajstić information content (AvgIpc) is 2.39. The number of halogens is 1. The summed E-state index contributed by atoms with van der Waals surface area (Å²) in [7, 11) is 0. The van der Waals surface area contributed by atoms with Crippen molar-refractivity contribution >= 4 is 29.3 Å². The molecule has 1 amide bonds. The predicted octanol–water partition coefficient (Wildman–Crippen LogP) is 3.83. The van der Waals surface area contributed by atoms with Gasteiger partial charge in [-0.25, -0.2) is 0 Å². The standard InChI is InChI=1S/C15H20ClNOS/c1-12-5-7-17(8-6-12)15(18)11-19-10-13-3-2-4-14(16)9-13/h2-4,9,12H,5-8,10-11H2,1H3. The van der Waals surface area contributed by atoms with E-state index in [1.807, 2.05) is 29.2 Å². The lowest BCUT2D eigenvalue weighted by atomic mass is 9.99. The monoisotopic (exact) mass is 297 g/mol. The second-order valence-electron chi connectivity index (χ2n) is 5.19. The lowest BCUT2D eigenvalue weighted by Gasteiger charge is -2.30. The molecule has 0 bridgehead atoms. The Kier molecular flexibility index (Phi) is 5.59. The molecule has 2 nitrogen and oxygen atoms in total. The van der Waals surface area contributed by atoms with Gasteiger partial charge in [-0.2, -0.15) is 0 Å². The molecule has 1 saturated heterocycles. The van der Waals surface area contributed by atoms with Gasteiger partial charge >= 0.3 is 0 Å². The Morgan fingerprint density at radius 3 is 2.84 bits per heavy atom. The first-order valence-electron chi connectivity index (χ1n) is 6.75. The van der Waals surface area contributed by atoms with Crippen LogP contribution in [-0.4, -0.2) is 29.6 Å². The van der Waals surface area contributed by atoms with E-state index in [0.29, 0.717) is 5.75 Å². The maximum atomic E-state index is 12.0. The van der Waals surface area contributed by atoms with Crippen molar-refractivity contribution in [3.8, 4) is 0 Å². The number of hydrogen-bond donors (Lipinski definition) is 0.